The van der Waals surface area contributed by atoms with Crippen LogP contribution in [0.4, 0.5) is 0 Å². The second-order valence-corrected chi connectivity index (χ2v) is 8.02. The number of hydrogen-bond acceptors (Lipinski definition) is 6. The lowest BCUT2D eigenvalue weighted by molar-refractivity contribution is 0.0684. The van der Waals surface area contributed by atoms with Crippen molar-refractivity contribution in [2.45, 2.75) is 52.0 Å². The Balaban J connectivity index is 1.39. The molecule has 138 valence electrons. The first kappa shape index (κ1) is 17.3. The fourth-order valence-corrected chi connectivity index (χ4v) is 4.49. The molecule has 0 bridgehead atoms. The van der Waals surface area contributed by atoms with Gasteiger partial charge in [0.05, 0.1) is 11.4 Å². The van der Waals surface area contributed by atoms with Gasteiger partial charge in [0.25, 0.3) is 11.5 Å². The zero-order valence-corrected chi connectivity index (χ0v) is 15.8. The molecule has 0 atom stereocenters. The molecule has 0 N–H and O–H groups in total. The molecule has 7 nitrogen and oxygen atoms in total. The van der Waals surface area contributed by atoms with Gasteiger partial charge in [-0.1, -0.05) is 4.49 Å². The number of aromatic nitrogens is 4. The van der Waals surface area contributed by atoms with E-state index in [0.717, 1.165) is 61.3 Å². The van der Waals surface area contributed by atoms with Gasteiger partial charge >= 0.3 is 0 Å². The van der Waals surface area contributed by atoms with Crippen LogP contribution in [0.25, 0.3) is 0 Å². The van der Waals surface area contributed by atoms with Crippen LogP contribution in [0, 0.1) is 12.8 Å². The first-order valence-electron chi connectivity index (χ1n) is 9.30. The molecule has 2 aliphatic rings. The van der Waals surface area contributed by atoms with Crippen molar-refractivity contribution in [3.8, 4) is 0 Å². The third-order valence-electron chi connectivity index (χ3n) is 5.45. The fraction of sp³-hybridized carbons (Fsp3) is 0.611. The van der Waals surface area contributed by atoms with Crippen LogP contribution >= 0.6 is 11.5 Å². The van der Waals surface area contributed by atoms with E-state index in [4.69, 9.17) is 0 Å². The molecule has 1 fully saturated rings. The van der Waals surface area contributed by atoms with E-state index < -0.39 is 0 Å². The molecule has 3 heterocycles. The highest BCUT2D eigenvalue weighted by atomic mass is 32.1. The molecule has 0 aromatic carbocycles. The highest BCUT2D eigenvalue weighted by Crippen LogP contribution is 2.22. The standard InChI is InChI=1S/C18H23N5O2S/c1-12-17(26-21-19-12)18(25)22-8-6-13(7-9-22)11-23-16(24)10-14-4-2-3-5-15(14)20-23/h10,13H,2-9,11H2,1H3. The Hall–Kier alpha value is -2.09. The highest BCUT2D eigenvalue weighted by molar-refractivity contribution is 7.07. The van der Waals surface area contributed by atoms with Crippen molar-refractivity contribution in [3.63, 3.8) is 0 Å². The topological polar surface area (TPSA) is 81.0 Å². The van der Waals surface area contributed by atoms with Crippen LogP contribution < -0.4 is 5.56 Å². The first-order chi connectivity index (χ1) is 12.6. The van der Waals surface area contributed by atoms with Crippen molar-refractivity contribution in [3.05, 3.63) is 38.2 Å². The zero-order valence-electron chi connectivity index (χ0n) is 15.0. The molecule has 26 heavy (non-hydrogen) atoms. The predicted octanol–water partition coefficient (Wildman–Crippen LogP) is 1.83. The van der Waals surface area contributed by atoms with Crippen molar-refractivity contribution < 1.29 is 4.79 Å². The molecule has 1 saturated heterocycles. The number of likely N-dealkylation sites (tertiary alicyclic amines) is 1. The van der Waals surface area contributed by atoms with Gasteiger partial charge < -0.3 is 4.90 Å². The summed E-state index contributed by atoms with van der Waals surface area (Å²) in [6.07, 6.45) is 6.05. The summed E-state index contributed by atoms with van der Waals surface area (Å²) in [5.74, 6) is 0.409. The van der Waals surface area contributed by atoms with Crippen molar-refractivity contribution in [2.24, 2.45) is 5.92 Å². The normalized spacial score (nSPS) is 18.0. The second kappa shape index (κ2) is 7.26. The number of nitrogens with zero attached hydrogens (tertiary/aromatic N) is 5. The second-order valence-electron chi connectivity index (χ2n) is 7.27. The van der Waals surface area contributed by atoms with E-state index in [1.807, 2.05) is 11.8 Å². The zero-order chi connectivity index (χ0) is 18.1. The van der Waals surface area contributed by atoms with Gasteiger partial charge in [-0.15, -0.1) is 5.10 Å². The number of rotatable bonds is 3. The van der Waals surface area contributed by atoms with Crippen molar-refractivity contribution in [2.75, 3.05) is 13.1 Å². The summed E-state index contributed by atoms with van der Waals surface area (Å²) < 4.78 is 5.49. The summed E-state index contributed by atoms with van der Waals surface area (Å²) in [5.41, 5.74) is 2.94. The number of piperidine rings is 1. The maximum absolute atomic E-state index is 12.6. The van der Waals surface area contributed by atoms with Gasteiger partial charge in [-0.05, 0) is 68.5 Å². The number of carbonyl (C=O) groups is 1. The summed E-state index contributed by atoms with van der Waals surface area (Å²) in [4.78, 5) is 27.4. The molecule has 2 aromatic rings. The van der Waals surface area contributed by atoms with Gasteiger partial charge in [-0.25, -0.2) is 4.68 Å². The average molecular weight is 373 g/mol. The quantitative estimate of drug-likeness (QED) is 0.820. The lowest BCUT2D eigenvalue weighted by Crippen LogP contribution is -2.40. The summed E-state index contributed by atoms with van der Waals surface area (Å²) >= 11 is 1.16. The molecule has 0 spiro atoms. The molecule has 0 unspecified atom stereocenters. The Labute approximate surface area is 156 Å². The number of fused-ring (bicyclic) bond motifs is 1. The molecule has 8 heteroatoms. The molecule has 0 radical (unpaired) electrons. The summed E-state index contributed by atoms with van der Waals surface area (Å²) in [7, 11) is 0. The third-order valence-corrected chi connectivity index (χ3v) is 6.27. The van der Waals surface area contributed by atoms with Crippen molar-refractivity contribution in [1.29, 1.82) is 0 Å². The molecule has 4 rings (SSSR count). The summed E-state index contributed by atoms with van der Waals surface area (Å²) in [5, 5.41) is 8.54. The Morgan fingerprint density at radius 3 is 2.77 bits per heavy atom. The average Bonchev–Trinajstić information content (AvgIpc) is 3.08. The minimum absolute atomic E-state index is 0.00974. The van der Waals surface area contributed by atoms with E-state index in [9.17, 15) is 9.59 Å². The highest BCUT2D eigenvalue weighted by Gasteiger charge is 2.27. The van der Waals surface area contributed by atoms with E-state index >= 15 is 0 Å². The smallest absolute Gasteiger partial charge is 0.267 e. The van der Waals surface area contributed by atoms with Gasteiger partial charge in [0.2, 0.25) is 0 Å². The molecule has 2 aromatic heterocycles. The number of aryl methyl sites for hydroxylation is 3. The maximum Gasteiger partial charge on any atom is 0.267 e. The van der Waals surface area contributed by atoms with Gasteiger partial charge in [-0.2, -0.15) is 5.10 Å². The Morgan fingerprint density at radius 1 is 1.27 bits per heavy atom. The largest absolute Gasteiger partial charge is 0.338 e. The van der Waals surface area contributed by atoms with Crippen LogP contribution in [0.1, 0.15) is 52.3 Å². The third kappa shape index (κ3) is 3.42. The Kier molecular flexibility index (Phi) is 4.84. The van der Waals surface area contributed by atoms with E-state index in [-0.39, 0.29) is 11.5 Å². The maximum atomic E-state index is 12.6. The van der Waals surface area contributed by atoms with Gasteiger partial charge in [0.15, 0.2) is 0 Å². The molecular weight excluding hydrogens is 350 g/mol. The minimum atomic E-state index is 0.00974. The van der Waals surface area contributed by atoms with Gasteiger partial charge in [0, 0.05) is 25.7 Å². The molecule has 1 amide bonds. The lowest BCUT2D eigenvalue weighted by atomic mass is 9.95. The summed E-state index contributed by atoms with van der Waals surface area (Å²) in [6, 6.07) is 1.78. The molecular formula is C18H23N5O2S. The van der Waals surface area contributed by atoms with Crippen molar-refractivity contribution >= 4 is 17.4 Å². The minimum Gasteiger partial charge on any atom is -0.338 e. The fourth-order valence-electron chi connectivity index (χ4n) is 3.87. The van der Waals surface area contributed by atoms with Crippen LogP contribution in [0.3, 0.4) is 0 Å². The van der Waals surface area contributed by atoms with Gasteiger partial charge in [-0.3, -0.25) is 9.59 Å². The van der Waals surface area contributed by atoms with E-state index in [0.29, 0.717) is 36.1 Å². The van der Waals surface area contributed by atoms with E-state index in [2.05, 4.69) is 14.7 Å². The van der Waals surface area contributed by atoms with Crippen LogP contribution in [0.2, 0.25) is 0 Å². The molecule has 1 aliphatic heterocycles. The predicted molar refractivity (Wildman–Crippen MR) is 98.4 cm³/mol. The Morgan fingerprint density at radius 2 is 2.04 bits per heavy atom. The first-order valence-corrected chi connectivity index (χ1v) is 10.1. The number of carbonyl (C=O) groups excluding carboxylic acids is 1. The number of amides is 1. The molecule has 0 saturated carbocycles. The van der Waals surface area contributed by atoms with E-state index in [1.165, 1.54) is 0 Å². The molecule has 1 aliphatic carbocycles. The van der Waals surface area contributed by atoms with Crippen LogP contribution in [-0.2, 0) is 19.4 Å². The Bertz CT molecular complexity index is 867. The van der Waals surface area contributed by atoms with Crippen LogP contribution in [-0.4, -0.2) is 43.3 Å². The van der Waals surface area contributed by atoms with E-state index in [1.54, 1.807) is 10.7 Å². The number of hydrogen-bond donors (Lipinski definition) is 0. The SMILES string of the molecule is Cc1nnsc1C(=O)N1CCC(Cn2nc3c(cc2=O)CCCC3)CC1. The van der Waals surface area contributed by atoms with Gasteiger partial charge in [0.1, 0.15) is 4.88 Å². The monoisotopic (exact) mass is 373 g/mol. The van der Waals surface area contributed by atoms with Crippen LogP contribution in [0.15, 0.2) is 10.9 Å². The van der Waals surface area contributed by atoms with Crippen molar-refractivity contribution in [1.82, 2.24) is 24.3 Å². The van der Waals surface area contributed by atoms with Crippen LogP contribution in [0.5, 0.6) is 0 Å². The summed E-state index contributed by atoms with van der Waals surface area (Å²) in [6.45, 7) is 3.88. The lowest BCUT2D eigenvalue weighted by Gasteiger charge is -2.31.